The molecule has 0 saturated carbocycles. The van der Waals surface area contributed by atoms with Crippen LogP contribution in [0.2, 0.25) is 5.02 Å². The number of Topliss-reactive ketones (excluding diaryl/α,β-unsaturated/α-hetero) is 1. The fraction of sp³-hybridized carbons (Fsp3) is 0.391. The minimum Gasteiger partial charge on any atom is -0.486 e. The van der Waals surface area contributed by atoms with Crippen LogP contribution in [0.1, 0.15) is 40.7 Å². The lowest BCUT2D eigenvalue weighted by Gasteiger charge is -2.44. The summed E-state index contributed by atoms with van der Waals surface area (Å²) in [6, 6.07) is 11.1. The third kappa shape index (κ3) is 4.10. The van der Waals surface area contributed by atoms with Gasteiger partial charge in [0, 0.05) is 31.0 Å². The molecule has 1 amide bonds. The van der Waals surface area contributed by atoms with Crippen molar-refractivity contribution in [1.29, 1.82) is 0 Å². The van der Waals surface area contributed by atoms with Crippen molar-refractivity contribution < 1.29 is 19.1 Å². The fourth-order valence-electron chi connectivity index (χ4n) is 3.99. The maximum absolute atomic E-state index is 12.6. The van der Waals surface area contributed by atoms with Gasteiger partial charge in [-0.15, -0.1) is 0 Å². The van der Waals surface area contributed by atoms with E-state index in [1.165, 1.54) is 0 Å². The number of rotatable bonds is 3. The zero-order chi connectivity index (χ0) is 20.6. The standard InChI is InChI=1S/C23H24ClNO4/c1-15-3-6-21-18(11-15)20(26)13-23(29-21)7-9-25(10-8-23)22(27)14-28-17-4-5-19(24)16(2)12-17/h3-6,11-12H,7-10,13-14H2,1-2H3. The number of hydrogen-bond donors (Lipinski definition) is 0. The van der Waals surface area contributed by atoms with E-state index in [1.54, 1.807) is 17.0 Å². The van der Waals surface area contributed by atoms with Crippen molar-refractivity contribution in [3.8, 4) is 11.5 Å². The van der Waals surface area contributed by atoms with Crippen LogP contribution in [0.15, 0.2) is 36.4 Å². The normalized spacial score (nSPS) is 17.6. The number of hydrogen-bond acceptors (Lipinski definition) is 4. The van der Waals surface area contributed by atoms with Gasteiger partial charge < -0.3 is 14.4 Å². The molecule has 2 aliphatic rings. The molecule has 2 heterocycles. The first-order chi connectivity index (χ1) is 13.8. The topological polar surface area (TPSA) is 55.8 Å². The average molecular weight is 414 g/mol. The highest BCUT2D eigenvalue weighted by atomic mass is 35.5. The lowest BCUT2D eigenvalue weighted by atomic mass is 9.82. The highest BCUT2D eigenvalue weighted by Gasteiger charge is 2.43. The predicted molar refractivity (Wildman–Crippen MR) is 111 cm³/mol. The van der Waals surface area contributed by atoms with Crippen LogP contribution in [0.25, 0.3) is 0 Å². The van der Waals surface area contributed by atoms with Crippen molar-refractivity contribution >= 4 is 23.3 Å². The van der Waals surface area contributed by atoms with Crippen molar-refractivity contribution in [3.05, 3.63) is 58.1 Å². The number of halogens is 1. The van der Waals surface area contributed by atoms with Crippen LogP contribution >= 0.6 is 11.6 Å². The van der Waals surface area contributed by atoms with E-state index in [1.807, 2.05) is 38.1 Å². The molecule has 1 spiro atoms. The second kappa shape index (κ2) is 7.71. The highest BCUT2D eigenvalue weighted by Crippen LogP contribution is 2.39. The van der Waals surface area contributed by atoms with Gasteiger partial charge in [0.2, 0.25) is 0 Å². The Bertz CT molecular complexity index is 963. The van der Waals surface area contributed by atoms with Crippen molar-refractivity contribution in [2.24, 2.45) is 0 Å². The van der Waals surface area contributed by atoms with E-state index in [2.05, 4.69) is 0 Å². The first-order valence-electron chi connectivity index (χ1n) is 9.85. The van der Waals surface area contributed by atoms with Crippen molar-refractivity contribution in [2.45, 2.75) is 38.7 Å². The van der Waals surface area contributed by atoms with E-state index >= 15 is 0 Å². The quantitative estimate of drug-likeness (QED) is 0.750. The third-order valence-electron chi connectivity index (χ3n) is 5.76. The predicted octanol–water partition coefficient (Wildman–Crippen LogP) is 4.36. The van der Waals surface area contributed by atoms with Crippen molar-refractivity contribution in [3.63, 3.8) is 0 Å². The Labute approximate surface area is 175 Å². The van der Waals surface area contributed by atoms with Crippen molar-refractivity contribution in [2.75, 3.05) is 19.7 Å². The van der Waals surface area contributed by atoms with Crippen LogP contribution in [0.5, 0.6) is 11.5 Å². The van der Waals surface area contributed by atoms with Crippen molar-refractivity contribution in [1.82, 2.24) is 4.90 Å². The van der Waals surface area contributed by atoms with E-state index in [4.69, 9.17) is 21.1 Å². The molecule has 152 valence electrons. The number of carbonyl (C=O) groups is 2. The molecule has 0 bridgehead atoms. The Morgan fingerprint density at radius 2 is 1.93 bits per heavy atom. The molecule has 0 aromatic heterocycles. The molecule has 1 saturated heterocycles. The average Bonchev–Trinajstić information content (AvgIpc) is 2.70. The molecular weight excluding hydrogens is 390 g/mol. The molecule has 2 aromatic rings. The van der Waals surface area contributed by atoms with Crippen LogP contribution < -0.4 is 9.47 Å². The number of aryl methyl sites for hydroxylation is 2. The number of likely N-dealkylation sites (tertiary alicyclic amines) is 1. The van der Waals surface area contributed by atoms with E-state index in [-0.39, 0.29) is 18.3 Å². The monoisotopic (exact) mass is 413 g/mol. The van der Waals surface area contributed by atoms with Crippen LogP contribution in [0.3, 0.4) is 0 Å². The van der Waals surface area contributed by atoms with Gasteiger partial charge in [-0.2, -0.15) is 0 Å². The van der Waals surface area contributed by atoms with E-state index in [9.17, 15) is 9.59 Å². The van der Waals surface area contributed by atoms with E-state index in [0.29, 0.717) is 54.4 Å². The largest absolute Gasteiger partial charge is 0.486 e. The summed E-state index contributed by atoms with van der Waals surface area (Å²) in [5.41, 5.74) is 2.12. The molecule has 4 rings (SSSR count). The summed E-state index contributed by atoms with van der Waals surface area (Å²) < 4.78 is 11.9. The molecule has 0 atom stereocenters. The molecule has 5 nitrogen and oxygen atoms in total. The second-order valence-electron chi connectivity index (χ2n) is 7.97. The molecule has 2 aromatic carbocycles. The van der Waals surface area contributed by atoms with Crippen LogP contribution in [0, 0.1) is 13.8 Å². The Balaban J connectivity index is 1.35. The second-order valence-corrected chi connectivity index (χ2v) is 8.37. The maximum atomic E-state index is 12.6. The first-order valence-corrected chi connectivity index (χ1v) is 10.2. The molecule has 29 heavy (non-hydrogen) atoms. The minimum atomic E-state index is -0.510. The zero-order valence-electron chi connectivity index (χ0n) is 16.7. The Hall–Kier alpha value is -2.53. The van der Waals surface area contributed by atoms with Gasteiger partial charge in [0.15, 0.2) is 12.4 Å². The van der Waals surface area contributed by atoms with Gasteiger partial charge in [-0.05, 0) is 49.7 Å². The molecule has 0 unspecified atom stereocenters. The summed E-state index contributed by atoms with van der Waals surface area (Å²) in [5.74, 6) is 1.34. The van der Waals surface area contributed by atoms with Gasteiger partial charge >= 0.3 is 0 Å². The zero-order valence-corrected chi connectivity index (χ0v) is 17.4. The van der Waals surface area contributed by atoms with Gasteiger partial charge in [0.05, 0.1) is 12.0 Å². The lowest BCUT2D eigenvalue weighted by Crippen LogP contribution is -2.53. The number of fused-ring (bicyclic) bond motifs is 1. The molecule has 0 aliphatic carbocycles. The SMILES string of the molecule is Cc1ccc2c(c1)C(=O)CC1(CCN(C(=O)COc3ccc(Cl)c(C)c3)CC1)O2. The van der Waals surface area contributed by atoms with Gasteiger partial charge in [-0.1, -0.05) is 23.2 Å². The number of nitrogens with zero attached hydrogens (tertiary/aromatic N) is 1. The number of amides is 1. The number of benzene rings is 2. The first kappa shape index (κ1) is 19.8. The summed E-state index contributed by atoms with van der Waals surface area (Å²) in [7, 11) is 0. The van der Waals surface area contributed by atoms with Crippen LogP contribution in [0.4, 0.5) is 0 Å². The summed E-state index contributed by atoms with van der Waals surface area (Å²) >= 11 is 6.02. The Morgan fingerprint density at radius 3 is 2.66 bits per heavy atom. The molecule has 1 fully saturated rings. The van der Waals surface area contributed by atoms with Gasteiger partial charge in [0.1, 0.15) is 17.1 Å². The maximum Gasteiger partial charge on any atom is 0.260 e. The summed E-state index contributed by atoms with van der Waals surface area (Å²) in [5, 5.41) is 0.670. The van der Waals surface area contributed by atoms with E-state index < -0.39 is 5.60 Å². The number of ketones is 1. The number of piperidine rings is 1. The summed E-state index contributed by atoms with van der Waals surface area (Å²) in [6.45, 7) is 4.95. The Kier molecular flexibility index (Phi) is 5.26. The minimum absolute atomic E-state index is 0.0179. The molecule has 0 radical (unpaired) electrons. The molecule has 0 N–H and O–H groups in total. The Morgan fingerprint density at radius 1 is 1.17 bits per heavy atom. The molecule has 6 heteroatoms. The summed E-state index contributed by atoms with van der Waals surface area (Å²) in [6.07, 6.45) is 1.64. The van der Waals surface area contributed by atoms with Crippen LogP contribution in [-0.4, -0.2) is 41.9 Å². The lowest BCUT2D eigenvalue weighted by molar-refractivity contribution is -0.136. The smallest absolute Gasteiger partial charge is 0.260 e. The van der Waals surface area contributed by atoms with Gasteiger partial charge in [-0.3, -0.25) is 9.59 Å². The number of ether oxygens (including phenoxy) is 2. The van der Waals surface area contributed by atoms with Gasteiger partial charge in [0.25, 0.3) is 5.91 Å². The molecule has 2 aliphatic heterocycles. The highest BCUT2D eigenvalue weighted by molar-refractivity contribution is 6.31. The molecular formula is C23H24ClNO4. The van der Waals surface area contributed by atoms with Crippen LogP contribution in [-0.2, 0) is 4.79 Å². The van der Waals surface area contributed by atoms with E-state index in [0.717, 1.165) is 11.1 Å². The third-order valence-corrected chi connectivity index (χ3v) is 6.19. The fourth-order valence-corrected chi connectivity index (χ4v) is 4.11. The van der Waals surface area contributed by atoms with Gasteiger partial charge in [-0.25, -0.2) is 0 Å². The summed E-state index contributed by atoms with van der Waals surface area (Å²) in [4.78, 5) is 27.0. The number of carbonyl (C=O) groups excluding carboxylic acids is 2.